The molecule has 9 nitrogen and oxygen atoms in total. The van der Waals surface area contributed by atoms with Crippen molar-refractivity contribution in [3.63, 3.8) is 0 Å². The summed E-state index contributed by atoms with van der Waals surface area (Å²) in [5.41, 5.74) is 9.92. The van der Waals surface area contributed by atoms with Crippen molar-refractivity contribution in [1.82, 2.24) is 15.5 Å². The number of nitroso groups, excluding NO2 is 2. The standard InChI is InChI=1S/C34H37N5O4S2/c1-4-39-33-15-9-23(31(37-42)19-29(35-40)21-5-11-25(44-2)12-6-21)17-27(33)28-18-24(10-16-34(28)39)32(38-43)20-30(36-41)22-7-13-26(45-3)14-8-22/h5-18,29-32,35-36,40-41H,4,19-20H2,1-3H3. The van der Waals surface area contributed by atoms with Crippen LogP contribution >= 0.6 is 23.5 Å². The van der Waals surface area contributed by atoms with Crippen LogP contribution < -0.4 is 11.0 Å². The van der Waals surface area contributed by atoms with E-state index in [4.69, 9.17) is 0 Å². The van der Waals surface area contributed by atoms with Gasteiger partial charge in [0, 0.05) is 38.1 Å². The number of aryl methyl sites for hydroxylation is 1. The van der Waals surface area contributed by atoms with Crippen LogP contribution in [0.5, 0.6) is 0 Å². The minimum atomic E-state index is -0.708. The highest BCUT2D eigenvalue weighted by Gasteiger charge is 2.24. The maximum Gasteiger partial charge on any atom is 0.119 e. The minimum Gasteiger partial charge on any atom is -0.341 e. The quantitative estimate of drug-likeness (QED) is 0.0505. The Labute approximate surface area is 270 Å². The van der Waals surface area contributed by atoms with Crippen LogP contribution in [0.4, 0.5) is 0 Å². The molecule has 4 aromatic carbocycles. The van der Waals surface area contributed by atoms with Crippen LogP contribution in [0.15, 0.2) is 105 Å². The molecular formula is C34H37N5O4S2. The second kappa shape index (κ2) is 15.1. The molecule has 0 saturated heterocycles. The summed E-state index contributed by atoms with van der Waals surface area (Å²) in [4.78, 5) is 26.6. The fourth-order valence-electron chi connectivity index (χ4n) is 6.02. The van der Waals surface area contributed by atoms with Crippen molar-refractivity contribution in [1.29, 1.82) is 0 Å². The molecule has 4 unspecified atom stereocenters. The highest BCUT2D eigenvalue weighted by Crippen LogP contribution is 2.38. The first-order valence-electron chi connectivity index (χ1n) is 14.8. The third kappa shape index (κ3) is 6.99. The highest BCUT2D eigenvalue weighted by atomic mass is 32.2. The second-order valence-electron chi connectivity index (χ2n) is 10.9. The SMILES string of the molecule is CCn1c2ccc(C(CC(NO)c3ccc(SC)cc3)N=O)cc2c2cc(C(CC(NO)c3ccc(SC)cc3)N=O)ccc21. The molecule has 1 aromatic heterocycles. The van der Waals surface area contributed by atoms with Crippen LogP contribution in [-0.4, -0.2) is 27.5 Å². The number of hydrogen-bond donors (Lipinski definition) is 4. The molecule has 45 heavy (non-hydrogen) atoms. The molecule has 0 aliphatic carbocycles. The summed E-state index contributed by atoms with van der Waals surface area (Å²) >= 11 is 3.27. The number of rotatable bonds is 15. The summed E-state index contributed by atoms with van der Waals surface area (Å²) in [6.07, 6.45) is 4.54. The third-order valence-corrected chi connectivity index (χ3v) is 10.0. The molecule has 0 fully saturated rings. The largest absolute Gasteiger partial charge is 0.341 e. The van der Waals surface area contributed by atoms with E-state index in [-0.39, 0.29) is 12.8 Å². The van der Waals surface area contributed by atoms with Gasteiger partial charge in [-0.25, -0.2) is 0 Å². The molecule has 0 aliphatic heterocycles. The van der Waals surface area contributed by atoms with Gasteiger partial charge in [0.15, 0.2) is 0 Å². The van der Waals surface area contributed by atoms with E-state index in [0.29, 0.717) is 0 Å². The zero-order chi connectivity index (χ0) is 31.9. The molecule has 5 aromatic rings. The monoisotopic (exact) mass is 643 g/mol. The number of nitrogens with zero attached hydrogens (tertiary/aromatic N) is 3. The van der Waals surface area contributed by atoms with Gasteiger partial charge in [0.25, 0.3) is 0 Å². The maximum atomic E-state index is 12.2. The zero-order valence-corrected chi connectivity index (χ0v) is 27.0. The Kier molecular flexibility index (Phi) is 11.0. The summed E-state index contributed by atoms with van der Waals surface area (Å²) in [6, 6.07) is 25.1. The predicted octanol–water partition coefficient (Wildman–Crippen LogP) is 9.09. The van der Waals surface area contributed by atoms with Crippen molar-refractivity contribution >= 4 is 45.3 Å². The average molecular weight is 644 g/mol. The third-order valence-electron chi connectivity index (χ3n) is 8.52. The molecule has 0 spiro atoms. The van der Waals surface area contributed by atoms with Crippen LogP contribution in [0.1, 0.15) is 66.2 Å². The lowest BCUT2D eigenvalue weighted by molar-refractivity contribution is 0.118. The van der Waals surface area contributed by atoms with Crippen LogP contribution in [0.25, 0.3) is 21.8 Å². The van der Waals surface area contributed by atoms with E-state index in [1.54, 1.807) is 23.5 Å². The summed E-state index contributed by atoms with van der Waals surface area (Å²) in [6.45, 7) is 2.81. The number of hydrogen-bond acceptors (Lipinski definition) is 10. The lowest BCUT2D eigenvalue weighted by Crippen LogP contribution is -2.19. The Morgan fingerprint density at radius 3 is 1.33 bits per heavy atom. The van der Waals surface area contributed by atoms with E-state index < -0.39 is 24.2 Å². The van der Waals surface area contributed by atoms with Gasteiger partial charge in [0.2, 0.25) is 0 Å². The van der Waals surface area contributed by atoms with Crippen molar-refractivity contribution in [2.75, 3.05) is 12.5 Å². The maximum absolute atomic E-state index is 12.2. The predicted molar refractivity (Wildman–Crippen MR) is 183 cm³/mol. The van der Waals surface area contributed by atoms with Gasteiger partial charge in [-0.15, -0.1) is 23.5 Å². The van der Waals surface area contributed by atoms with Gasteiger partial charge in [0.1, 0.15) is 12.1 Å². The van der Waals surface area contributed by atoms with Gasteiger partial charge in [-0.3, -0.25) is 0 Å². The molecule has 0 radical (unpaired) electrons. The van der Waals surface area contributed by atoms with Crippen molar-refractivity contribution in [3.05, 3.63) is 117 Å². The Hall–Kier alpha value is -3.58. The topological polar surface area (TPSA) is 128 Å². The van der Waals surface area contributed by atoms with E-state index in [2.05, 4.69) is 32.8 Å². The summed E-state index contributed by atoms with van der Waals surface area (Å²) < 4.78 is 2.20. The number of nitrogens with one attached hydrogen (secondary N) is 2. The van der Waals surface area contributed by atoms with Crippen LogP contribution in [0, 0.1) is 9.81 Å². The molecule has 0 bridgehead atoms. The van der Waals surface area contributed by atoms with Gasteiger partial charge < -0.3 is 15.0 Å². The van der Waals surface area contributed by atoms with E-state index in [1.165, 1.54) is 0 Å². The van der Waals surface area contributed by atoms with E-state index in [9.17, 15) is 20.2 Å². The summed E-state index contributed by atoms with van der Waals surface area (Å²) in [5.74, 6) is 0. The second-order valence-corrected chi connectivity index (χ2v) is 12.7. The Bertz CT molecular complexity index is 1630. The van der Waals surface area contributed by atoms with Crippen LogP contribution in [-0.2, 0) is 6.54 Å². The first kappa shape index (κ1) is 32.8. The molecule has 11 heteroatoms. The normalized spacial score (nSPS) is 14.3. The molecule has 0 amide bonds. The number of fused-ring (bicyclic) bond motifs is 3. The lowest BCUT2D eigenvalue weighted by Gasteiger charge is -2.19. The minimum absolute atomic E-state index is 0.270. The van der Waals surface area contributed by atoms with Gasteiger partial charge in [-0.1, -0.05) is 46.8 Å². The fraction of sp³-hybridized carbons (Fsp3) is 0.294. The number of aromatic nitrogens is 1. The Balaban J connectivity index is 1.48. The van der Waals surface area contributed by atoms with Crippen molar-refractivity contribution in [2.24, 2.45) is 10.4 Å². The molecular weight excluding hydrogens is 607 g/mol. The van der Waals surface area contributed by atoms with Crippen molar-refractivity contribution in [3.8, 4) is 0 Å². The molecule has 4 N–H and O–H groups in total. The van der Waals surface area contributed by atoms with Gasteiger partial charge in [0.05, 0.1) is 12.1 Å². The zero-order valence-electron chi connectivity index (χ0n) is 25.4. The molecule has 234 valence electrons. The Morgan fingerprint density at radius 2 is 1.02 bits per heavy atom. The summed E-state index contributed by atoms with van der Waals surface area (Å²) in [5, 5.41) is 28.7. The number of benzene rings is 4. The lowest BCUT2D eigenvalue weighted by atomic mass is 9.93. The van der Waals surface area contributed by atoms with Gasteiger partial charge >= 0.3 is 0 Å². The smallest absolute Gasteiger partial charge is 0.119 e. The Morgan fingerprint density at radius 1 is 0.644 bits per heavy atom. The highest BCUT2D eigenvalue weighted by molar-refractivity contribution is 7.98. The number of hydroxylamine groups is 2. The molecule has 0 aliphatic rings. The van der Waals surface area contributed by atoms with Gasteiger partial charge in [-0.05, 0) is 103 Å². The summed E-state index contributed by atoms with van der Waals surface area (Å²) in [7, 11) is 0. The average Bonchev–Trinajstić information content (AvgIpc) is 3.41. The number of thioether (sulfide) groups is 2. The first-order valence-corrected chi connectivity index (χ1v) is 17.2. The van der Waals surface area contributed by atoms with E-state index in [1.807, 2.05) is 97.4 Å². The van der Waals surface area contributed by atoms with Gasteiger partial charge in [-0.2, -0.15) is 20.8 Å². The van der Waals surface area contributed by atoms with E-state index >= 15 is 0 Å². The molecule has 1 heterocycles. The fourth-order valence-corrected chi connectivity index (χ4v) is 6.84. The van der Waals surface area contributed by atoms with Crippen molar-refractivity contribution < 1.29 is 10.4 Å². The van der Waals surface area contributed by atoms with Crippen LogP contribution in [0.2, 0.25) is 0 Å². The molecule has 4 atom stereocenters. The molecule has 0 saturated carbocycles. The van der Waals surface area contributed by atoms with Crippen LogP contribution in [0.3, 0.4) is 0 Å². The molecule has 5 rings (SSSR count). The van der Waals surface area contributed by atoms with E-state index in [0.717, 1.165) is 60.4 Å². The first-order chi connectivity index (χ1) is 22.0. The van der Waals surface area contributed by atoms with Crippen molar-refractivity contribution in [2.45, 2.75) is 60.3 Å².